The zero-order valence-corrected chi connectivity index (χ0v) is 14.6. The fraction of sp³-hybridized carbons (Fsp3) is 0.316. The van der Waals surface area contributed by atoms with Crippen molar-refractivity contribution in [3.63, 3.8) is 0 Å². The van der Waals surface area contributed by atoms with Crippen molar-refractivity contribution in [2.45, 2.75) is 24.5 Å². The molecule has 1 atom stereocenters. The molecule has 2 nitrogen and oxygen atoms in total. The minimum absolute atomic E-state index is 0.0218. The molecule has 0 radical (unpaired) electrons. The number of piperidine rings is 1. The standard InChI is InChI=1S/C19H20ClNOS/c20-17-10-8-15(9-11-17)18(23)14-4-6-16(7-5-14)19(22)21-12-2-1-3-13-21/h4-11,18,23H,1-3,12-13H2. The third-order valence-electron chi connectivity index (χ3n) is 4.30. The number of amides is 1. The zero-order chi connectivity index (χ0) is 16.2. The van der Waals surface area contributed by atoms with Crippen molar-refractivity contribution >= 4 is 30.1 Å². The summed E-state index contributed by atoms with van der Waals surface area (Å²) in [5, 5.41) is 0.697. The Hall–Kier alpha value is -1.45. The summed E-state index contributed by atoms with van der Waals surface area (Å²) in [6, 6.07) is 15.5. The van der Waals surface area contributed by atoms with Gasteiger partial charge in [-0.1, -0.05) is 35.9 Å². The maximum absolute atomic E-state index is 12.5. The summed E-state index contributed by atoms with van der Waals surface area (Å²) in [5.41, 5.74) is 2.92. The minimum atomic E-state index is -0.0218. The molecule has 1 fully saturated rings. The van der Waals surface area contributed by atoms with Gasteiger partial charge >= 0.3 is 0 Å². The highest BCUT2D eigenvalue weighted by Crippen LogP contribution is 2.29. The van der Waals surface area contributed by atoms with Gasteiger partial charge in [0.15, 0.2) is 0 Å². The Balaban J connectivity index is 1.73. The van der Waals surface area contributed by atoms with E-state index < -0.39 is 0 Å². The highest BCUT2D eigenvalue weighted by atomic mass is 35.5. The van der Waals surface area contributed by atoms with E-state index >= 15 is 0 Å². The Morgan fingerprint density at radius 3 is 2.00 bits per heavy atom. The van der Waals surface area contributed by atoms with Crippen molar-refractivity contribution in [3.8, 4) is 0 Å². The summed E-state index contributed by atoms with van der Waals surface area (Å²) < 4.78 is 0. The van der Waals surface area contributed by atoms with Crippen LogP contribution in [0.3, 0.4) is 0 Å². The predicted molar refractivity (Wildman–Crippen MR) is 98.5 cm³/mol. The molecular formula is C19H20ClNOS. The minimum Gasteiger partial charge on any atom is -0.339 e. The molecule has 0 N–H and O–H groups in total. The van der Waals surface area contributed by atoms with Crippen LogP contribution in [0, 0.1) is 0 Å². The van der Waals surface area contributed by atoms with Gasteiger partial charge in [-0.25, -0.2) is 0 Å². The number of thiol groups is 1. The summed E-state index contributed by atoms with van der Waals surface area (Å²) >= 11 is 10.6. The average Bonchev–Trinajstić information content (AvgIpc) is 2.62. The van der Waals surface area contributed by atoms with Crippen LogP contribution >= 0.6 is 24.2 Å². The first kappa shape index (κ1) is 16.4. The van der Waals surface area contributed by atoms with Crippen molar-refractivity contribution in [3.05, 3.63) is 70.2 Å². The lowest BCUT2D eigenvalue weighted by molar-refractivity contribution is 0.0724. The molecule has 2 aromatic carbocycles. The molecule has 0 bridgehead atoms. The Morgan fingerprint density at radius 1 is 0.913 bits per heavy atom. The fourth-order valence-corrected chi connectivity index (χ4v) is 3.40. The monoisotopic (exact) mass is 345 g/mol. The van der Waals surface area contributed by atoms with E-state index in [1.807, 2.05) is 53.4 Å². The number of hydrogen-bond donors (Lipinski definition) is 1. The summed E-state index contributed by atoms with van der Waals surface area (Å²) in [6.45, 7) is 1.75. The van der Waals surface area contributed by atoms with Crippen molar-refractivity contribution < 1.29 is 4.79 Å². The Kier molecular flexibility index (Phi) is 5.29. The van der Waals surface area contributed by atoms with Gasteiger partial charge in [0, 0.05) is 23.7 Å². The number of likely N-dealkylation sites (tertiary alicyclic amines) is 1. The van der Waals surface area contributed by atoms with Gasteiger partial charge in [-0.15, -0.1) is 0 Å². The molecule has 2 aromatic rings. The molecule has 3 rings (SSSR count). The lowest BCUT2D eigenvalue weighted by atomic mass is 10.0. The molecule has 1 saturated heterocycles. The van der Waals surface area contributed by atoms with Gasteiger partial charge in [-0.05, 0) is 54.7 Å². The lowest BCUT2D eigenvalue weighted by Crippen LogP contribution is -2.35. The second-order valence-corrected chi connectivity index (χ2v) is 6.88. The van der Waals surface area contributed by atoms with E-state index in [0.29, 0.717) is 0 Å². The second-order valence-electron chi connectivity index (χ2n) is 5.93. The Morgan fingerprint density at radius 2 is 1.43 bits per heavy atom. The molecule has 1 amide bonds. The van der Waals surface area contributed by atoms with Crippen molar-refractivity contribution in [2.24, 2.45) is 0 Å². The number of carbonyl (C=O) groups is 1. The van der Waals surface area contributed by atoms with E-state index in [9.17, 15) is 4.79 Å². The van der Waals surface area contributed by atoms with E-state index in [1.165, 1.54) is 6.42 Å². The van der Waals surface area contributed by atoms with Crippen LogP contribution in [0.25, 0.3) is 0 Å². The van der Waals surface area contributed by atoms with Gasteiger partial charge in [-0.2, -0.15) is 12.6 Å². The van der Waals surface area contributed by atoms with Gasteiger partial charge in [0.25, 0.3) is 5.91 Å². The van der Waals surface area contributed by atoms with Crippen LogP contribution in [0.2, 0.25) is 5.02 Å². The van der Waals surface area contributed by atoms with Crippen LogP contribution in [0.1, 0.15) is 46.0 Å². The Labute approximate surface area is 147 Å². The summed E-state index contributed by atoms with van der Waals surface area (Å²) in [7, 11) is 0. The Bertz CT molecular complexity index is 663. The van der Waals surface area contributed by atoms with Gasteiger partial charge in [0.05, 0.1) is 5.25 Å². The third kappa shape index (κ3) is 3.91. The molecule has 1 unspecified atom stereocenters. The maximum atomic E-state index is 12.5. The van der Waals surface area contributed by atoms with E-state index in [-0.39, 0.29) is 11.2 Å². The molecule has 23 heavy (non-hydrogen) atoms. The number of hydrogen-bond acceptors (Lipinski definition) is 2. The first-order valence-electron chi connectivity index (χ1n) is 7.98. The quantitative estimate of drug-likeness (QED) is 0.777. The van der Waals surface area contributed by atoms with E-state index in [1.54, 1.807) is 0 Å². The lowest BCUT2D eigenvalue weighted by Gasteiger charge is -2.26. The topological polar surface area (TPSA) is 20.3 Å². The van der Waals surface area contributed by atoms with E-state index in [2.05, 4.69) is 0 Å². The van der Waals surface area contributed by atoms with Gasteiger partial charge in [-0.3, -0.25) is 4.79 Å². The first-order valence-corrected chi connectivity index (χ1v) is 8.87. The number of benzene rings is 2. The molecule has 1 aliphatic rings. The largest absolute Gasteiger partial charge is 0.339 e. The summed E-state index contributed by atoms with van der Waals surface area (Å²) in [5.74, 6) is 0.137. The van der Waals surface area contributed by atoms with E-state index in [0.717, 1.165) is 47.6 Å². The molecule has 1 aliphatic heterocycles. The van der Waals surface area contributed by atoms with E-state index in [4.69, 9.17) is 24.2 Å². The van der Waals surface area contributed by atoms with Gasteiger partial charge in [0.1, 0.15) is 0 Å². The molecule has 0 spiro atoms. The van der Waals surface area contributed by atoms with Crippen LogP contribution in [0.15, 0.2) is 48.5 Å². The van der Waals surface area contributed by atoms with Crippen LogP contribution in [-0.2, 0) is 0 Å². The van der Waals surface area contributed by atoms with Crippen molar-refractivity contribution in [2.75, 3.05) is 13.1 Å². The second kappa shape index (κ2) is 7.41. The number of nitrogens with zero attached hydrogens (tertiary/aromatic N) is 1. The fourth-order valence-electron chi connectivity index (χ4n) is 2.93. The molecule has 0 aromatic heterocycles. The normalized spacial score (nSPS) is 16.2. The average molecular weight is 346 g/mol. The number of carbonyl (C=O) groups excluding carboxylic acids is 1. The highest BCUT2D eigenvalue weighted by Gasteiger charge is 2.18. The van der Waals surface area contributed by atoms with Crippen LogP contribution in [0.5, 0.6) is 0 Å². The number of halogens is 1. The zero-order valence-electron chi connectivity index (χ0n) is 12.9. The SMILES string of the molecule is O=C(c1ccc(C(S)c2ccc(Cl)cc2)cc1)N1CCCCC1. The number of rotatable bonds is 3. The van der Waals surface area contributed by atoms with Crippen LogP contribution in [0.4, 0.5) is 0 Å². The van der Waals surface area contributed by atoms with Crippen LogP contribution < -0.4 is 0 Å². The first-order chi connectivity index (χ1) is 11.1. The van der Waals surface area contributed by atoms with Crippen molar-refractivity contribution in [1.82, 2.24) is 4.90 Å². The summed E-state index contributed by atoms with van der Waals surface area (Å²) in [6.07, 6.45) is 3.45. The van der Waals surface area contributed by atoms with Crippen LogP contribution in [-0.4, -0.2) is 23.9 Å². The van der Waals surface area contributed by atoms with Gasteiger partial charge in [0.2, 0.25) is 0 Å². The van der Waals surface area contributed by atoms with Crippen molar-refractivity contribution in [1.29, 1.82) is 0 Å². The summed E-state index contributed by atoms with van der Waals surface area (Å²) in [4.78, 5) is 14.4. The third-order valence-corrected chi connectivity index (χ3v) is 5.15. The predicted octanol–water partition coefficient (Wildman–Crippen LogP) is 4.99. The molecule has 0 aliphatic carbocycles. The smallest absolute Gasteiger partial charge is 0.253 e. The molecular weight excluding hydrogens is 326 g/mol. The molecule has 4 heteroatoms. The van der Waals surface area contributed by atoms with Gasteiger partial charge < -0.3 is 4.90 Å². The molecule has 120 valence electrons. The molecule has 0 saturated carbocycles. The maximum Gasteiger partial charge on any atom is 0.253 e. The highest BCUT2D eigenvalue weighted by molar-refractivity contribution is 7.80. The molecule has 1 heterocycles.